The molecule has 1 amide bonds. The number of nitrogens with two attached hydrogens (primary N) is 1. The first kappa shape index (κ1) is 12.9. The number of aromatic nitrogens is 4. The Morgan fingerprint density at radius 1 is 1.24 bits per heavy atom. The lowest BCUT2D eigenvalue weighted by Gasteiger charge is -2.05. The number of aryl methyl sites for hydroxylation is 1. The van der Waals surface area contributed by atoms with Crippen molar-refractivity contribution in [3.05, 3.63) is 54.5 Å². The van der Waals surface area contributed by atoms with E-state index < -0.39 is 0 Å². The quantitative estimate of drug-likeness (QED) is 0.711. The Morgan fingerprint density at radius 3 is 2.76 bits per heavy atom. The van der Waals surface area contributed by atoms with Crippen molar-refractivity contribution in [1.29, 1.82) is 0 Å². The highest BCUT2D eigenvalue weighted by Gasteiger charge is 2.12. The van der Waals surface area contributed by atoms with Gasteiger partial charge < -0.3 is 11.1 Å². The second-order valence-corrected chi connectivity index (χ2v) is 4.50. The lowest BCUT2D eigenvalue weighted by Crippen LogP contribution is -2.15. The highest BCUT2D eigenvalue weighted by atomic mass is 16.2. The van der Waals surface area contributed by atoms with Crippen molar-refractivity contribution < 1.29 is 4.79 Å². The first-order chi connectivity index (χ1) is 10.1. The first-order valence-electron chi connectivity index (χ1n) is 6.35. The van der Waals surface area contributed by atoms with Crippen LogP contribution in [0.4, 0.5) is 11.5 Å². The molecule has 0 saturated carbocycles. The molecule has 3 rings (SSSR count). The van der Waals surface area contributed by atoms with Gasteiger partial charge in [0.05, 0.1) is 17.6 Å². The summed E-state index contributed by atoms with van der Waals surface area (Å²) in [4.78, 5) is 12.1. The van der Waals surface area contributed by atoms with E-state index in [4.69, 9.17) is 5.73 Å². The number of benzene rings is 1. The summed E-state index contributed by atoms with van der Waals surface area (Å²) in [5.41, 5.74) is 7.53. The minimum Gasteiger partial charge on any atom is -0.397 e. The monoisotopic (exact) mass is 282 g/mol. The third-order valence-electron chi connectivity index (χ3n) is 3.07. The second kappa shape index (κ2) is 5.12. The number of nitrogen functional groups attached to an aromatic ring is 1. The van der Waals surface area contributed by atoms with E-state index in [1.165, 1.54) is 0 Å². The Morgan fingerprint density at radius 2 is 2.05 bits per heavy atom. The molecule has 3 N–H and O–H groups in total. The molecule has 7 heteroatoms. The first-order valence-corrected chi connectivity index (χ1v) is 6.35. The lowest BCUT2D eigenvalue weighted by atomic mass is 10.3. The Kier molecular flexibility index (Phi) is 3.15. The summed E-state index contributed by atoms with van der Waals surface area (Å²) in [6, 6.07) is 10.7. The molecule has 2 heterocycles. The maximum absolute atomic E-state index is 12.1. The number of para-hydroxylation sites is 2. The molecule has 1 aromatic carbocycles. The number of rotatable bonds is 3. The zero-order valence-electron chi connectivity index (χ0n) is 11.4. The number of hydrogen-bond acceptors (Lipinski definition) is 4. The molecule has 0 fully saturated rings. The predicted octanol–water partition coefficient (Wildman–Crippen LogP) is 1.44. The van der Waals surface area contributed by atoms with Crippen LogP contribution in [0.1, 0.15) is 10.5 Å². The van der Waals surface area contributed by atoms with E-state index in [0.717, 1.165) is 5.69 Å². The van der Waals surface area contributed by atoms with E-state index in [0.29, 0.717) is 17.2 Å². The molecule has 0 aliphatic heterocycles. The maximum atomic E-state index is 12.1. The summed E-state index contributed by atoms with van der Waals surface area (Å²) < 4.78 is 3.15. The van der Waals surface area contributed by atoms with Crippen LogP contribution in [0.15, 0.2) is 48.8 Å². The fourth-order valence-electron chi connectivity index (χ4n) is 1.95. The molecule has 0 unspecified atom stereocenters. The normalized spacial score (nSPS) is 10.5. The Hall–Kier alpha value is -3.09. The number of nitrogens with zero attached hydrogens (tertiary/aromatic N) is 4. The van der Waals surface area contributed by atoms with Gasteiger partial charge in [-0.2, -0.15) is 10.2 Å². The fraction of sp³-hybridized carbons (Fsp3) is 0.0714. The zero-order chi connectivity index (χ0) is 14.8. The molecule has 7 nitrogen and oxygen atoms in total. The van der Waals surface area contributed by atoms with Gasteiger partial charge in [0, 0.05) is 19.3 Å². The summed E-state index contributed by atoms with van der Waals surface area (Å²) in [5, 5.41) is 11.0. The van der Waals surface area contributed by atoms with Gasteiger partial charge in [-0.3, -0.25) is 9.48 Å². The van der Waals surface area contributed by atoms with Crippen LogP contribution < -0.4 is 11.1 Å². The van der Waals surface area contributed by atoms with Gasteiger partial charge >= 0.3 is 0 Å². The third-order valence-corrected chi connectivity index (χ3v) is 3.07. The summed E-state index contributed by atoms with van der Waals surface area (Å²) in [6.45, 7) is 0. The van der Waals surface area contributed by atoms with Gasteiger partial charge in [-0.05, 0) is 18.2 Å². The van der Waals surface area contributed by atoms with Crippen molar-refractivity contribution in [2.24, 2.45) is 7.05 Å². The van der Waals surface area contributed by atoms with Crippen molar-refractivity contribution in [3.8, 4) is 5.69 Å². The van der Waals surface area contributed by atoms with Gasteiger partial charge in [-0.25, -0.2) is 4.68 Å². The molecular formula is C14H14N6O. The van der Waals surface area contributed by atoms with Crippen LogP contribution in [-0.4, -0.2) is 25.5 Å². The highest BCUT2D eigenvalue weighted by molar-refractivity contribution is 6.02. The average molecular weight is 282 g/mol. The molecule has 106 valence electrons. The summed E-state index contributed by atoms with van der Waals surface area (Å²) in [6.07, 6.45) is 3.31. The number of anilines is 2. The van der Waals surface area contributed by atoms with Crippen molar-refractivity contribution in [3.63, 3.8) is 0 Å². The van der Waals surface area contributed by atoms with Crippen LogP contribution in [0.25, 0.3) is 5.69 Å². The summed E-state index contributed by atoms with van der Waals surface area (Å²) in [7, 11) is 1.75. The van der Waals surface area contributed by atoms with Crippen molar-refractivity contribution >= 4 is 17.4 Å². The largest absolute Gasteiger partial charge is 0.397 e. The van der Waals surface area contributed by atoms with Crippen molar-refractivity contribution in [2.45, 2.75) is 0 Å². The smallest absolute Gasteiger partial charge is 0.277 e. The van der Waals surface area contributed by atoms with Gasteiger partial charge in [0.15, 0.2) is 5.69 Å². The van der Waals surface area contributed by atoms with Gasteiger partial charge in [-0.15, -0.1) is 0 Å². The number of amides is 1. The highest BCUT2D eigenvalue weighted by Crippen LogP contribution is 2.16. The molecule has 0 aliphatic carbocycles. The van der Waals surface area contributed by atoms with Crippen molar-refractivity contribution in [1.82, 2.24) is 19.6 Å². The molecule has 0 aliphatic rings. The summed E-state index contributed by atoms with van der Waals surface area (Å²) >= 11 is 0. The van der Waals surface area contributed by atoms with E-state index in [2.05, 4.69) is 15.5 Å². The van der Waals surface area contributed by atoms with Crippen LogP contribution in [0.5, 0.6) is 0 Å². The molecule has 21 heavy (non-hydrogen) atoms. The van der Waals surface area contributed by atoms with Crippen LogP contribution in [0.2, 0.25) is 0 Å². The predicted molar refractivity (Wildman–Crippen MR) is 79.1 cm³/mol. The molecule has 0 radical (unpaired) electrons. The van der Waals surface area contributed by atoms with Crippen LogP contribution in [-0.2, 0) is 7.05 Å². The third kappa shape index (κ3) is 2.48. The number of nitrogens with one attached hydrogen (secondary N) is 1. The topological polar surface area (TPSA) is 90.8 Å². The molecule has 3 aromatic rings. The van der Waals surface area contributed by atoms with Gasteiger partial charge in [0.25, 0.3) is 5.91 Å². The van der Waals surface area contributed by atoms with E-state index in [1.807, 2.05) is 18.2 Å². The minimum atomic E-state index is -0.299. The molecule has 0 bridgehead atoms. The van der Waals surface area contributed by atoms with E-state index in [-0.39, 0.29) is 5.91 Å². The standard InChI is InChI=1S/C14H14N6O/c1-19-13(6-8-16-19)17-14(21)11-7-9-20(18-11)12-5-3-2-4-10(12)15/h2-9H,15H2,1H3,(H,17,21). The van der Waals surface area contributed by atoms with E-state index >= 15 is 0 Å². The Bertz CT molecular complexity index is 788. The number of hydrogen-bond donors (Lipinski definition) is 2. The molecule has 2 aromatic heterocycles. The molecular weight excluding hydrogens is 268 g/mol. The molecule has 0 saturated heterocycles. The minimum absolute atomic E-state index is 0.299. The Labute approximate surface area is 121 Å². The van der Waals surface area contributed by atoms with Crippen molar-refractivity contribution in [2.75, 3.05) is 11.1 Å². The number of carbonyl (C=O) groups excluding carboxylic acids is 1. The maximum Gasteiger partial charge on any atom is 0.277 e. The van der Waals surface area contributed by atoms with Crippen LogP contribution in [0, 0.1) is 0 Å². The van der Waals surface area contributed by atoms with E-state index in [1.54, 1.807) is 47.0 Å². The van der Waals surface area contributed by atoms with Gasteiger partial charge in [0.2, 0.25) is 0 Å². The van der Waals surface area contributed by atoms with E-state index in [9.17, 15) is 4.79 Å². The molecule has 0 atom stereocenters. The molecule has 0 spiro atoms. The van der Waals surface area contributed by atoms with Gasteiger partial charge in [0.1, 0.15) is 5.82 Å². The lowest BCUT2D eigenvalue weighted by molar-refractivity contribution is 0.102. The SMILES string of the molecule is Cn1nccc1NC(=O)c1ccn(-c2ccccc2N)n1. The summed E-state index contributed by atoms with van der Waals surface area (Å²) in [5.74, 6) is 0.306. The zero-order valence-corrected chi connectivity index (χ0v) is 11.4. The Balaban J connectivity index is 1.84. The van der Waals surface area contributed by atoms with Crippen LogP contribution in [0.3, 0.4) is 0 Å². The van der Waals surface area contributed by atoms with Gasteiger partial charge in [-0.1, -0.05) is 12.1 Å². The fourth-order valence-corrected chi connectivity index (χ4v) is 1.95. The second-order valence-electron chi connectivity index (χ2n) is 4.50. The number of carbonyl (C=O) groups is 1. The average Bonchev–Trinajstić information content (AvgIpc) is 3.09. The van der Waals surface area contributed by atoms with Crippen LogP contribution >= 0.6 is 0 Å².